The maximum absolute atomic E-state index is 10.7. The van der Waals surface area contributed by atoms with Crippen molar-refractivity contribution >= 4 is 43.9 Å². The molecular weight excluding hydrogens is 685 g/mol. The van der Waals surface area contributed by atoms with E-state index in [1.807, 2.05) is 91.0 Å². The molecule has 0 unspecified atom stereocenters. The van der Waals surface area contributed by atoms with Crippen molar-refractivity contribution in [1.29, 1.82) is 5.26 Å². The number of pyridine rings is 2. The fraction of sp³-hybridized carbons (Fsp3) is 0. The van der Waals surface area contributed by atoms with Gasteiger partial charge in [-0.3, -0.25) is 9.55 Å². The molecule has 0 aliphatic carbocycles. The summed E-state index contributed by atoms with van der Waals surface area (Å²) in [5.41, 5.74) is 6.53. The van der Waals surface area contributed by atoms with Crippen molar-refractivity contribution in [1.82, 2.24) is 19.1 Å². The summed E-state index contributed by atoms with van der Waals surface area (Å²) in [6.07, 6.45) is 0. The van der Waals surface area contributed by atoms with Gasteiger partial charge in [-0.2, -0.15) is 29.5 Å². The Hall–Kier alpha value is -5.04. The van der Waals surface area contributed by atoms with E-state index in [0.29, 0.717) is 16.9 Å². The van der Waals surface area contributed by atoms with Gasteiger partial charge in [-0.05, 0) is 23.9 Å². The zero-order chi connectivity index (χ0) is 26.6. The molecular formula is C35H19N5Pt. The summed E-state index contributed by atoms with van der Waals surface area (Å²) in [7, 11) is 0. The van der Waals surface area contributed by atoms with Crippen LogP contribution in [0.2, 0.25) is 0 Å². The minimum absolute atomic E-state index is 0. The molecule has 0 bridgehead atoms. The molecule has 4 aromatic heterocycles. The molecule has 0 aliphatic heterocycles. The van der Waals surface area contributed by atoms with E-state index in [1.165, 1.54) is 0 Å². The van der Waals surface area contributed by atoms with E-state index in [2.05, 4.69) is 51.6 Å². The summed E-state index contributed by atoms with van der Waals surface area (Å²) in [4.78, 5) is 10.4. The zero-order valence-electron chi connectivity index (χ0n) is 21.5. The number of rotatable bonds is 3. The molecule has 0 spiro atoms. The first-order valence-corrected chi connectivity index (χ1v) is 13.0. The molecule has 0 saturated carbocycles. The number of nitrogens with zero attached hydrogens (tertiary/aromatic N) is 5. The Balaban J connectivity index is 0.00000276. The molecule has 6 heteroatoms. The van der Waals surface area contributed by atoms with Crippen LogP contribution in [0.4, 0.5) is 0 Å². The standard InChI is InChI=1S/C35H19N5.Pt/c36-22-27-32-25-16-7-9-19-29(25)39(24-14-5-2-6-15-24)34(32)38-35-33(27)26-17-8-10-20-30(26)40(35)31-21-11-18-28(37-31)23-12-3-1-4-13-23;/h1-12,14,16-21H;/q-2;+2. The molecule has 0 saturated heterocycles. The van der Waals surface area contributed by atoms with Crippen LogP contribution in [0.25, 0.3) is 66.6 Å². The van der Waals surface area contributed by atoms with Gasteiger partial charge in [0.15, 0.2) is 5.65 Å². The molecule has 8 aromatic rings. The van der Waals surface area contributed by atoms with Crippen molar-refractivity contribution in [2.45, 2.75) is 0 Å². The SMILES string of the molecule is N#Cc1c2c3ccccc3n(-c3[c-]cccc3)c2nc2c1c1ccccc1n2-c1cccc(-c2[c-]cccc2)n1.[Pt+2]. The second kappa shape index (κ2) is 9.85. The van der Waals surface area contributed by atoms with Crippen molar-refractivity contribution in [3.05, 3.63) is 133 Å². The normalized spacial score (nSPS) is 11.2. The van der Waals surface area contributed by atoms with Crippen LogP contribution in [0, 0.1) is 23.5 Å². The summed E-state index contributed by atoms with van der Waals surface area (Å²) in [5.74, 6) is 0.727. The fourth-order valence-electron chi connectivity index (χ4n) is 5.74. The van der Waals surface area contributed by atoms with E-state index in [9.17, 15) is 5.26 Å². The Morgan fingerprint density at radius 2 is 1.24 bits per heavy atom. The average Bonchev–Trinajstić information content (AvgIpc) is 3.54. The Morgan fingerprint density at radius 1 is 0.610 bits per heavy atom. The van der Waals surface area contributed by atoms with Gasteiger partial charge in [-0.15, -0.1) is 42.0 Å². The molecule has 194 valence electrons. The first-order valence-electron chi connectivity index (χ1n) is 13.0. The molecule has 0 amide bonds. The zero-order valence-corrected chi connectivity index (χ0v) is 23.8. The van der Waals surface area contributed by atoms with E-state index in [-0.39, 0.29) is 21.1 Å². The molecule has 8 rings (SSSR count). The van der Waals surface area contributed by atoms with Crippen LogP contribution >= 0.6 is 0 Å². The van der Waals surface area contributed by atoms with Crippen LogP contribution in [0.5, 0.6) is 0 Å². The van der Waals surface area contributed by atoms with E-state index < -0.39 is 0 Å². The van der Waals surface area contributed by atoms with Crippen molar-refractivity contribution in [2.75, 3.05) is 0 Å². The second-order valence-corrected chi connectivity index (χ2v) is 9.61. The van der Waals surface area contributed by atoms with Crippen LogP contribution in [0.1, 0.15) is 5.56 Å². The minimum Gasteiger partial charge on any atom is -0.318 e. The molecule has 0 N–H and O–H groups in total. The molecule has 41 heavy (non-hydrogen) atoms. The molecule has 0 radical (unpaired) electrons. The number of fused-ring (bicyclic) bond motifs is 6. The summed E-state index contributed by atoms with van der Waals surface area (Å²) in [5, 5.41) is 14.3. The number of hydrogen-bond donors (Lipinski definition) is 0. The third kappa shape index (κ3) is 3.73. The van der Waals surface area contributed by atoms with Gasteiger partial charge in [-0.25, -0.2) is 4.98 Å². The van der Waals surface area contributed by atoms with Crippen LogP contribution in [0.15, 0.2) is 115 Å². The first kappa shape index (κ1) is 25.0. The molecule has 0 fully saturated rings. The number of nitriles is 1. The average molecular weight is 705 g/mol. The number of aromatic nitrogens is 4. The van der Waals surface area contributed by atoms with Crippen molar-refractivity contribution in [2.24, 2.45) is 0 Å². The van der Waals surface area contributed by atoms with Gasteiger partial charge in [0, 0.05) is 21.5 Å². The van der Waals surface area contributed by atoms with Crippen molar-refractivity contribution in [3.63, 3.8) is 0 Å². The van der Waals surface area contributed by atoms with Crippen molar-refractivity contribution < 1.29 is 21.1 Å². The molecule has 0 aliphatic rings. The van der Waals surface area contributed by atoms with E-state index in [1.54, 1.807) is 0 Å². The predicted octanol–water partition coefficient (Wildman–Crippen LogP) is 7.81. The smallest absolute Gasteiger partial charge is 0.318 e. The topological polar surface area (TPSA) is 59.4 Å². The quantitative estimate of drug-likeness (QED) is 0.177. The van der Waals surface area contributed by atoms with Crippen LogP contribution < -0.4 is 0 Å². The van der Waals surface area contributed by atoms with Gasteiger partial charge in [0.05, 0.1) is 16.6 Å². The second-order valence-electron chi connectivity index (χ2n) is 9.61. The van der Waals surface area contributed by atoms with E-state index >= 15 is 0 Å². The van der Waals surface area contributed by atoms with Gasteiger partial charge in [0.1, 0.15) is 17.5 Å². The predicted molar refractivity (Wildman–Crippen MR) is 159 cm³/mol. The molecule has 4 heterocycles. The maximum Gasteiger partial charge on any atom is 2.00 e. The number of benzene rings is 4. The van der Waals surface area contributed by atoms with Gasteiger partial charge in [0.2, 0.25) is 0 Å². The summed E-state index contributed by atoms with van der Waals surface area (Å²) < 4.78 is 4.16. The molecule has 5 nitrogen and oxygen atoms in total. The summed E-state index contributed by atoms with van der Waals surface area (Å²) in [6.45, 7) is 0. The van der Waals surface area contributed by atoms with E-state index in [0.717, 1.165) is 55.3 Å². The Labute approximate surface area is 250 Å². The third-order valence-corrected chi connectivity index (χ3v) is 7.41. The van der Waals surface area contributed by atoms with Crippen LogP contribution in [-0.2, 0) is 21.1 Å². The minimum atomic E-state index is 0. The summed E-state index contributed by atoms with van der Waals surface area (Å²) in [6, 6.07) is 47.1. The van der Waals surface area contributed by atoms with E-state index in [4.69, 9.17) is 9.97 Å². The van der Waals surface area contributed by atoms with Gasteiger partial charge < -0.3 is 4.57 Å². The number of hydrogen-bond acceptors (Lipinski definition) is 3. The maximum atomic E-state index is 10.7. The van der Waals surface area contributed by atoms with Gasteiger partial charge >= 0.3 is 21.1 Å². The van der Waals surface area contributed by atoms with Gasteiger partial charge in [0.25, 0.3) is 0 Å². The Kier molecular flexibility index (Phi) is 6.00. The Bertz CT molecular complexity index is 2280. The fourth-order valence-corrected chi connectivity index (χ4v) is 5.74. The monoisotopic (exact) mass is 704 g/mol. The first-order chi connectivity index (χ1) is 19.8. The third-order valence-electron chi connectivity index (χ3n) is 7.41. The Morgan fingerprint density at radius 3 is 1.90 bits per heavy atom. The molecule has 4 aromatic carbocycles. The van der Waals surface area contributed by atoms with Gasteiger partial charge in [-0.1, -0.05) is 54.2 Å². The number of para-hydroxylation sites is 3. The molecule has 0 atom stereocenters. The largest absolute Gasteiger partial charge is 2.00 e. The van der Waals surface area contributed by atoms with Crippen LogP contribution in [0.3, 0.4) is 0 Å². The van der Waals surface area contributed by atoms with Crippen LogP contribution in [-0.4, -0.2) is 19.1 Å². The van der Waals surface area contributed by atoms with Crippen molar-refractivity contribution in [3.8, 4) is 28.8 Å². The summed E-state index contributed by atoms with van der Waals surface area (Å²) >= 11 is 0.